The molecular weight excluding hydrogens is 1170 g/mol. The molecule has 19 heteroatoms. The highest BCUT2D eigenvalue weighted by Crippen LogP contribution is 2.45. The molecule has 0 aliphatic rings. The van der Waals surface area contributed by atoms with Crippen molar-refractivity contribution in [2.24, 2.45) is 17.8 Å². The van der Waals surface area contributed by atoms with Gasteiger partial charge in [-0.3, -0.25) is 37.3 Å². The Balaban J connectivity index is 5.26. The number of carbonyl (C=O) groups is 4. The fourth-order valence-corrected chi connectivity index (χ4v) is 12.1. The van der Waals surface area contributed by atoms with Gasteiger partial charge in [0.2, 0.25) is 0 Å². The fourth-order valence-electron chi connectivity index (χ4n) is 10.5. The van der Waals surface area contributed by atoms with Crippen LogP contribution in [0, 0.1) is 17.8 Å². The first-order valence-corrected chi connectivity index (χ1v) is 39.3. The van der Waals surface area contributed by atoms with Crippen LogP contribution in [0.15, 0.2) is 0 Å². The van der Waals surface area contributed by atoms with E-state index in [0.29, 0.717) is 31.6 Å². The van der Waals surface area contributed by atoms with Crippen molar-refractivity contribution in [2.45, 2.75) is 369 Å². The van der Waals surface area contributed by atoms with Crippen molar-refractivity contribution >= 4 is 39.5 Å². The summed E-state index contributed by atoms with van der Waals surface area (Å²) in [5.41, 5.74) is 0. The van der Waals surface area contributed by atoms with Crippen LogP contribution in [0.5, 0.6) is 0 Å². The van der Waals surface area contributed by atoms with Gasteiger partial charge in [-0.1, -0.05) is 299 Å². The molecule has 0 aliphatic carbocycles. The maximum atomic E-state index is 13.0. The Morgan fingerprint density at radius 2 is 0.517 bits per heavy atom. The van der Waals surface area contributed by atoms with Gasteiger partial charge in [-0.25, -0.2) is 9.13 Å². The smallest absolute Gasteiger partial charge is 0.462 e. The summed E-state index contributed by atoms with van der Waals surface area (Å²) in [6.45, 7) is 11.8. The third-order valence-corrected chi connectivity index (χ3v) is 18.0. The van der Waals surface area contributed by atoms with Gasteiger partial charge in [0, 0.05) is 25.7 Å². The number of phosphoric acid groups is 2. The van der Waals surface area contributed by atoms with E-state index < -0.39 is 97.5 Å². The summed E-state index contributed by atoms with van der Waals surface area (Å²) in [5.74, 6) is 0.0802. The predicted molar refractivity (Wildman–Crippen MR) is 358 cm³/mol. The topological polar surface area (TPSA) is 237 Å². The Kier molecular flexibility index (Phi) is 59.6. The van der Waals surface area contributed by atoms with Crippen LogP contribution in [0.2, 0.25) is 0 Å². The van der Waals surface area contributed by atoms with E-state index in [0.717, 1.165) is 108 Å². The van der Waals surface area contributed by atoms with E-state index in [1.54, 1.807) is 0 Å². The van der Waals surface area contributed by atoms with Crippen LogP contribution in [0.3, 0.4) is 0 Å². The van der Waals surface area contributed by atoms with Crippen molar-refractivity contribution < 1.29 is 80.2 Å². The average molecular weight is 1310 g/mol. The average Bonchev–Trinajstić information content (AvgIpc) is 3.67. The summed E-state index contributed by atoms with van der Waals surface area (Å²) in [5, 5.41) is 10.6. The van der Waals surface area contributed by atoms with Crippen LogP contribution in [-0.4, -0.2) is 96.7 Å². The Hall–Kier alpha value is -1.94. The van der Waals surface area contributed by atoms with Gasteiger partial charge in [-0.2, -0.15) is 0 Å². The van der Waals surface area contributed by atoms with Crippen LogP contribution in [0.25, 0.3) is 0 Å². The van der Waals surface area contributed by atoms with Gasteiger partial charge in [0.15, 0.2) is 12.2 Å². The second-order valence-corrected chi connectivity index (χ2v) is 29.6. The van der Waals surface area contributed by atoms with E-state index in [2.05, 4.69) is 48.5 Å². The van der Waals surface area contributed by atoms with Gasteiger partial charge >= 0.3 is 39.5 Å². The molecule has 0 spiro atoms. The Labute approximate surface area is 543 Å². The van der Waals surface area contributed by atoms with Crippen LogP contribution < -0.4 is 0 Å². The van der Waals surface area contributed by atoms with Gasteiger partial charge < -0.3 is 33.8 Å². The number of carbonyl (C=O) groups excluding carboxylic acids is 4. The Morgan fingerprint density at radius 1 is 0.303 bits per heavy atom. The molecule has 0 radical (unpaired) electrons. The minimum absolute atomic E-state index is 0.104. The number of ether oxygens (including phenoxy) is 4. The molecule has 0 rings (SSSR count). The molecule has 5 atom stereocenters. The number of unbranched alkanes of at least 4 members (excludes halogenated alkanes) is 36. The molecule has 0 aliphatic heterocycles. The monoisotopic (exact) mass is 1310 g/mol. The van der Waals surface area contributed by atoms with Crippen molar-refractivity contribution in [3.8, 4) is 0 Å². The first-order chi connectivity index (χ1) is 42.7. The van der Waals surface area contributed by atoms with Crippen molar-refractivity contribution in [3.05, 3.63) is 0 Å². The SMILES string of the molecule is CCCCCCCCCCCCCCCC(=O)OC[C@H](COP(=O)(O)OC[C@@H](O)COP(=O)(O)OC[C@@H](COC(=O)CCCCCCCCCC(C)C)OC(=O)CCCCCCCCCCCC(C)C)OC(=O)CCCCCCCCCCCCCC(C)C. The summed E-state index contributed by atoms with van der Waals surface area (Å²) < 4.78 is 68.3. The van der Waals surface area contributed by atoms with E-state index in [9.17, 15) is 43.2 Å². The summed E-state index contributed by atoms with van der Waals surface area (Å²) >= 11 is 0. The third-order valence-electron chi connectivity index (χ3n) is 16.1. The molecule has 0 aromatic rings. The summed E-state index contributed by atoms with van der Waals surface area (Å²) in [7, 11) is -9.90. The minimum atomic E-state index is -4.95. The van der Waals surface area contributed by atoms with Crippen molar-refractivity contribution in [3.63, 3.8) is 0 Å². The molecule has 0 aromatic carbocycles. The van der Waals surface area contributed by atoms with Crippen molar-refractivity contribution in [2.75, 3.05) is 39.6 Å². The van der Waals surface area contributed by atoms with E-state index >= 15 is 0 Å². The molecule has 0 bridgehead atoms. The highest BCUT2D eigenvalue weighted by molar-refractivity contribution is 7.47. The number of hydrogen-bond donors (Lipinski definition) is 3. The zero-order valence-corrected chi connectivity index (χ0v) is 59.7. The molecular formula is C70H136O17P2. The molecule has 3 N–H and O–H groups in total. The second-order valence-electron chi connectivity index (χ2n) is 26.7. The lowest BCUT2D eigenvalue weighted by molar-refractivity contribution is -0.161. The predicted octanol–water partition coefficient (Wildman–Crippen LogP) is 19.8. The molecule has 0 aromatic heterocycles. The minimum Gasteiger partial charge on any atom is -0.462 e. The largest absolute Gasteiger partial charge is 0.472 e. The number of rotatable bonds is 68. The normalized spacial score (nSPS) is 14.2. The third kappa shape index (κ3) is 64.6. The Morgan fingerprint density at radius 3 is 0.764 bits per heavy atom. The summed E-state index contributed by atoms with van der Waals surface area (Å²) in [6, 6.07) is 0. The van der Waals surface area contributed by atoms with E-state index in [-0.39, 0.29) is 25.7 Å². The first-order valence-electron chi connectivity index (χ1n) is 36.3. The number of aliphatic hydroxyl groups excluding tert-OH is 1. The standard InChI is InChI=1S/C70H136O17P2/c1-8-9-10-11-12-13-14-15-18-23-30-37-44-51-67(72)80-57-65(86-69(74)53-46-39-31-24-19-16-17-21-27-34-41-48-61(2)3)59-84-88(76,77)82-55-64(71)56-83-89(78,79)85-60-66(58-81-68(73)52-45-38-33-26-29-36-43-50-63(6)7)87-70(75)54-47-40-32-25-20-22-28-35-42-49-62(4)5/h61-66,71H,8-60H2,1-7H3,(H,76,77)(H,78,79)/t64-,65-,66-/m1/s1. The fraction of sp³-hybridized carbons (Fsp3) is 0.943. The maximum Gasteiger partial charge on any atom is 0.472 e. The lowest BCUT2D eigenvalue weighted by Gasteiger charge is -2.21. The lowest BCUT2D eigenvalue weighted by atomic mass is 10.0. The van der Waals surface area contributed by atoms with Gasteiger partial charge in [-0.05, 0) is 43.4 Å². The number of aliphatic hydroxyl groups is 1. The quantitative estimate of drug-likeness (QED) is 0.0222. The molecule has 528 valence electrons. The molecule has 0 fully saturated rings. The first kappa shape index (κ1) is 87.1. The zero-order chi connectivity index (χ0) is 65.9. The Bertz CT molecular complexity index is 1750. The van der Waals surface area contributed by atoms with E-state index in [1.807, 2.05) is 0 Å². The van der Waals surface area contributed by atoms with Gasteiger partial charge in [0.1, 0.15) is 19.3 Å². The molecule has 0 saturated carbocycles. The molecule has 17 nitrogen and oxygen atoms in total. The van der Waals surface area contributed by atoms with E-state index in [1.165, 1.54) is 154 Å². The molecule has 2 unspecified atom stereocenters. The summed E-state index contributed by atoms with van der Waals surface area (Å²) in [4.78, 5) is 72.5. The van der Waals surface area contributed by atoms with Gasteiger partial charge in [0.25, 0.3) is 0 Å². The highest BCUT2D eigenvalue weighted by atomic mass is 31.2. The maximum absolute atomic E-state index is 13.0. The van der Waals surface area contributed by atoms with Crippen molar-refractivity contribution in [1.29, 1.82) is 0 Å². The van der Waals surface area contributed by atoms with Crippen LogP contribution in [-0.2, 0) is 65.4 Å². The number of hydrogen-bond acceptors (Lipinski definition) is 15. The van der Waals surface area contributed by atoms with Gasteiger partial charge in [0.05, 0.1) is 26.4 Å². The number of phosphoric ester groups is 2. The second kappa shape index (κ2) is 61.0. The zero-order valence-electron chi connectivity index (χ0n) is 57.9. The molecule has 0 saturated heterocycles. The van der Waals surface area contributed by atoms with Gasteiger partial charge in [-0.15, -0.1) is 0 Å². The molecule has 89 heavy (non-hydrogen) atoms. The van der Waals surface area contributed by atoms with Crippen LogP contribution >= 0.6 is 15.6 Å². The molecule has 0 heterocycles. The highest BCUT2D eigenvalue weighted by Gasteiger charge is 2.30. The molecule has 0 amide bonds. The van der Waals surface area contributed by atoms with Crippen LogP contribution in [0.1, 0.15) is 350 Å². The van der Waals surface area contributed by atoms with E-state index in [4.69, 9.17) is 37.0 Å². The summed E-state index contributed by atoms with van der Waals surface area (Å²) in [6.07, 6.45) is 44.4. The van der Waals surface area contributed by atoms with Crippen molar-refractivity contribution in [1.82, 2.24) is 0 Å². The lowest BCUT2D eigenvalue weighted by Crippen LogP contribution is -2.30. The number of esters is 4. The van der Waals surface area contributed by atoms with Crippen LogP contribution in [0.4, 0.5) is 0 Å².